The molecular formula is C25H27NO. The minimum absolute atomic E-state index is 0.251. The van der Waals surface area contributed by atoms with E-state index in [1.165, 1.54) is 16.7 Å². The molecule has 3 aromatic rings. The summed E-state index contributed by atoms with van der Waals surface area (Å²) in [4.78, 5) is 2.53. The van der Waals surface area contributed by atoms with Crippen molar-refractivity contribution in [2.45, 2.75) is 31.6 Å². The van der Waals surface area contributed by atoms with Crippen molar-refractivity contribution in [1.29, 1.82) is 0 Å². The highest BCUT2D eigenvalue weighted by Crippen LogP contribution is 2.42. The first kappa shape index (κ1) is 18.0. The molecule has 1 aliphatic heterocycles. The molecular weight excluding hydrogens is 330 g/mol. The predicted octanol–water partition coefficient (Wildman–Crippen LogP) is 5.24. The summed E-state index contributed by atoms with van der Waals surface area (Å²) in [6, 6.07) is 32.0. The van der Waals surface area contributed by atoms with Crippen molar-refractivity contribution in [3.63, 3.8) is 0 Å². The Bertz CT molecular complexity index is 819. The van der Waals surface area contributed by atoms with E-state index in [4.69, 9.17) is 4.74 Å². The van der Waals surface area contributed by atoms with Crippen LogP contribution in [0, 0.1) is 0 Å². The summed E-state index contributed by atoms with van der Waals surface area (Å²) < 4.78 is 6.86. The molecule has 2 heteroatoms. The second-order valence-electron chi connectivity index (χ2n) is 8.05. The van der Waals surface area contributed by atoms with Crippen LogP contribution in [0.2, 0.25) is 0 Å². The van der Waals surface area contributed by atoms with E-state index in [1.54, 1.807) is 0 Å². The van der Waals surface area contributed by atoms with Gasteiger partial charge in [-0.1, -0.05) is 91.0 Å². The second-order valence-corrected chi connectivity index (χ2v) is 8.05. The summed E-state index contributed by atoms with van der Waals surface area (Å²) in [5, 5.41) is 0. The van der Waals surface area contributed by atoms with Gasteiger partial charge in [-0.15, -0.1) is 0 Å². The first-order valence-electron chi connectivity index (χ1n) is 9.65. The topological polar surface area (TPSA) is 12.5 Å². The van der Waals surface area contributed by atoms with Crippen LogP contribution in [0.25, 0.3) is 0 Å². The van der Waals surface area contributed by atoms with E-state index in [0.29, 0.717) is 0 Å². The normalized spacial score (nSPS) is 18.9. The van der Waals surface area contributed by atoms with Crippen molar-refractivity contribution in [3.8, 4) is 0 Å². The Morgan fingerprint density at radius 2 is 1.19 bits per heavy atom. The highest BCUT2D eigenvalue weighted by molar-refractivity contribution is 5.38. The first-order valence-corrected chi connectivity index (χ1v) is 9.65. The van der Waals surface area contributed by atoms with E-state index in [-0.39, 0.29) is 5.60 Å². The summed E-state index contributed by atoms with van der Waals surface area (Å²) in [6.07, 6.45) is 0. The van der Waals surface area contributed by atoms with Gasteiger partial charge < -0.3 is 4.74 Å². The van der Waals surface area contributed by atoms with Gasteiger partial charge in [0.15, 0.2) is 0 Å². The predicted molar refractivity (Wildman–Crippen MR) is 111 cm³/mol. The molecule has 1 aliphatic rings. The molecule has 0 atom stereocenters. The van der Waals surface area contributed by atoms with E-state index in [2.05, 4.69) is 110 Å². The van der Waals surface area contributed by atoms with E-state index >= 15 is 0 Å². The van der Waals surface area contributed by atoms with Crippen LogP contribution in [0.3, 0.4) is 0 Å². The van der Waals surface area contributed by atoms with E-state index in [0.717, 1.165) is 19.6 Å². The zero-order valence-corrected chi connectivity index (χ0v) is 16.1. The van der Waals surface area contributed by atoms with Crippen LogP contribution in [0.5, 0.6) is 0 Å². The summed E-state index contributed by atoms with van der Waals surface area (Å²) >= 11 is 0. The summed E-state index contributed by atoms with van der Waals surface area (Å²) in [6.45, 7) is 7.06. The number of rotatable bonds is 4. The molecule has 3 aromatic carbocycles. The SMILES string of the molecule is CC1(C)CN(Cc2ccccc2)CC(c2ccccc2)(c2ccccc2)O1. The molecule has 0 N–H and O–H groups in total. The highest BCUT2D eigenvalue weighted by Gasteiger charge is 2.46. The van der Waals surface area contributed by atoms with Crippen LogP contribution in [-0.2, 0) is 16.9 Å². The Hall–Kier alpha value is -2.42. The van der Waals surface area contributed by atoms with Gasteiger partial charge in [0, 0.05) is 19.6 Å². The van der Waals surface area contributed by atoms with Gasteiger partial charge in [0.05, 0.1) is 5.60 Å². The smallest absolute Gasteiger partial charge is 0.131 e. The molecule has 0 amide bonds. The van der Waals surface area contributed by atoms with Gasteiger partial charge in [0.25, 0.3) is 0 Å². The number of morpholine rings is 1. The maximum atomic E-state index is 6.86. The number of nitrogens with zero attached hydrogens (tertiary/aromatic N) is 1. The highest BCUT2D eigenvalue weighted by atomic mass is 16.5. The van der Waals surface area contributed by atoms with Gasteiger partial charge in [-0.2, -0.15) is 0 Å². The first-order chi connectivity index (χ1) is 13.1. The van der Waals surface area contributed by atoms with Gasteiger partial charge >= 0.3 is 0 Å². The van der Waals surface area contributed by atoms with Crippen LogP contribution in [0.1, 0.15) is 30.5 Å². The number of hydrogen-bond acceptors (Lipinski definition) is 2. The Balaban J connectivity index is 1.77. The molecule has 0 unspecified atom stereocenters. The van der Waals surface area contributed by atoms with Gasteiger partial charge in [-0.25, -0.2) is 0 Å². The fourth-order valence-corrected chi connectivity index (χ4v) is 4.28. The monoisotopic (exact) mass is 357 g/mol. The maximum Gasteiger partial charge on any atom is 0.131 e. The van der Waals surface area contributed by atoms with Gasteiger partial charge in [0.1, 0.15) is 5.60 Å². The summed E-state index contributed by atoms with van der Waals surface area (Å²) in [5.41, 5.74) is 3.03. The lowest BCUT2D eigenvalue weighted by Crippen LogP contribution is -2.58. The van der Waals surface area contributed by atoms with Crippen molar-refractivity contribution in [3.05, 3.63) is 108 Å². The Morgan fingerprint density at radius 3 is 1.70 bits per heavy atom. The largest absolute Gasteiger partial charge is 0.357 e. The molecule has 138 valence electrons. The number of benzene rings is 3. The standard InChI is InChI=1S/C25H27NO/c1-24(2)19-26(18-21-12-6-3-7-13-21)20-25(27-24,22-14-8-4-9-15-22)23-16-10-5-11-17-23/h3-17H,18-20H2,1-2H3. The van der Waals surface area contributed by atoms with Crippen LogP contribution >= 0.6 is 0 Å². The Kier molecular flexibility index (Phi) is 4.86. The minimum Gasteiger partial charge on any atom is -0.357 e. The minimum atomic E-state index is -0.473. The summed E-state index contributed by atoms with van der Waals surface area (Å²) in [5.74, 6) is 0. The lowest BCUT2D eigenvalue weighted by Gasteiger charge is -2.50. The fraction of sp³-hybridized carbons (Fsp3) is 0.280. The lowest BCUT2D eigenvalue weighted by molar-refractivity contribution is -0.185. The molecule has 1 fully saturated rings. The Labute approximate surface area is 162 Å². The van der Waals surface area contributed by atoms with Crippen LogP contribution in [0.15, 0.2) is 91.0 Å². The van der Waals surface area contributed by atoms with Crippen molar-refractivity contribution < 1.29 is 4.74 Å². The molecule has 4 rings (SSSR count). The third-order valence-corrected chi connectivity index (χ3v) is 5.23. The zero-order chi connectivity index (χ0) is 18.7. The zero-order valence-electron chi connectivity index (χ0n) is 16.1. The lowest BCUT2D eigenvalue weighted by atomic mass is 9.82. The van der Waals surface area contributed by atoms with Crippen LogP contribution in [0.4, 0.5) is 0 Å². The van der Waals surface area contributed by atoms with E-state index in [9.17, 15) is 0 Å². The molecule has 0 aliphatic carbocycles. The molecule has 0 saturated carbocycles. The Morgan fingerprint density at radius 1 is 0.704 bits per heavy atom. The molecule has 1 heterocycles. The average molecular weight is 357 g/mol. The van der Waals surface area contributed by atoms with E-state index < -0.39 is 5.60 Å². The molecule has 0 aromatic heterocycles. The van der Waals surface area contributed by atoms with Gasteiger partial charge in [-0.3, -0.25) is 4.90 Å². The quantitative estimate of drug-likeness (QED) is 0.633. The fourth-order valence-electron chi connectivity index (χ4n) is 4.28. The third kappa shape index (κ3) is 3.83. The number of ether oxygens (including phenoxy) is 1. The molecule has 0 bridgehead atoms. The molecule has 0 radical (unpaired) electrons. The number of hydrogen-bond donors (Lipinski definition) is 0. The molecule has 0 spiro atoms. The third-order valence-electron chi connectivity index (χ3n) is 5.23. The summed E-state index contributed by atoms with van der Waals surface area (Å²) in [7, 11) is 0. The van der Waals surface area contributed by atoms with E-state index in [1.807, 2.05) is 0 Å². The van der Waals surface area contributed by atoms with Crippen LogP contribution < -0.4 is 0 Å². The van der Waals surface area contributed by atoms with Crippen LogP contribution in [-0.4, -0.2) is 23.6 Å². The molecule has 27 heavy (non-hydrogen) atoms. The van der Waals surface area contributed by atoms with Crippen molar-refractivity contribution in [2.24, 2.45) is 0 Å². The maximum absolute atomic E-state index is 6.86. The average Bonchev–Trinajstić information content (AvgIpc) is 2.69. The van der Waals surface area contributed by atoms with Crippen molar-refractivity contribution in [1.82, 2.24) is 4.90 Å². The van der Waals surface area contributed by atoms with Crippen molar-refractivity contribution >= 4 is 0 Å². The molecule has 1 saturated heterocycles. The van der Waals surface area contributed by atoms with Crippen molar-refractivity contribution in [2.75, 3.05) is 13.1 Å². The van der Waals surface area contributed by atoms with Gasteiger partial charge in [-0.05, 0) is 30.5 Å². The van der Waals surface area contributed by atoms with Gasteiger partial charge in [0.2, 0.25) is 0 Å². The molecule has 2 nitrogen and oxygen atoms in total. The second kappa shape index (κ2) is 7.30.